The molecule has 1 aliphatic heterocycles. The van der Waals surface area contributed by atoms with Crippen molar-refractivity contribution < 1.29 is 4.79 Å². The van der Waals surface area contributed by atoms with Gasteiger partial charge in [0.15, 0.2) is 0 Å². The van der Waals surface area contributed by atoms with Crippen LogP contribution in [0.25, 0.3) is 0 Å². The summed E-state index contributed by atoms with van der Waals surface area (Å²) in [6, 6.07) is 0. The first-order valence-corrected chi connectivity index (χ1v) is 6.64. The monoisotopic (exact) mass is 240 g/mol. The van der Waals surface area contributed by atoms with E-state index >= 15 is 0 Å². The molecule has 0 aromatic rings. The number of likely N-dealkylation sites (tertiary alicyclic amines) is 1. The summed E-state index contributed by atoms with van der Waals surface area (Å²) in [6.07, 6.45) is 1.22. The molecule has 0 bridgehead atoms. The molecule has 1 heterocycles. The van der Waals surface area contributed by atoms with Gasteiger partial charge in [0.2, 0.25) is 5.91 Å². The molecule has 0 spiro atoms. The Labute approximate surface area is 106 Å². The highest BCUT2D eigenvalue weighted by atomic mass is 16.2. The topological polar surface area (TPSA) is 46.3 Å². The lowest BCUT2D eigenvalue weighted by molar-refractivity contribution is -0.146. The standard InChI is InChI=1S/C14H28N2O/c1-10-7-11(2)9-16(8-10)12(17)13(3,4)14(5,6)15/h10-11H,7-9,15H2,1-6H3. The van der Waals surface area contributed by atoms with Crippen LogP contribution < -0.4 is 5.73 Å². The highest BCUT2D eigenvalue weighted by molar-refractivity contribution is 5.83. The molecule has 1 amide bonds. The van der Waals surface area contributed by atoms with E-state index < -0.39 is 11.0 Å². The van der Waals surface area contributed by atoms with Gasteiger partial charge >= 0.3 is 0 Å². The number of rotatable bonds is 2. The molecule has 0 aromatic carbocycles. The van der Waals surface area contributed by atoms with E-state index in [2.05, 4.69) is 13.8 Å². The molecule has 1 rings (SSSR count). The van der Waals surface area contributed by atoms with Crippen LogP contribution in [-0.2, 0) is 4.79 Å². The summed E-state index contributed by atoms with van der Waals surface area (Å²) in [5.41, 5.74) is 5.14. The van der Waals surface area contributed by atoms with Gasteiger partial charge in [-0.2, -0.15) is 0 Å². The van der Waals surface area contributed by atoms with Gasteiger partial charge < -0.3 is 10.6 Å². The molecule has 2 N–H and O–H groups in total. The van der Waals surface area contributed by atoms with Crippen LogP contribution in [0.1, 0.15) is 48.0 Å². The quantitative estimate of drug-likeness (QED) is 0.804. The Kier molecular flexibility index (Phi) is 3.92. The van der Waals surface area contributed by atoms with Crippen LogP contribution in [0.4, 0.5) is 0 Å². The minimum Gasteiger partial charge on any atom is -0.342 e. The molecule has 17 heavy (non-hydrogen) atoms. The van der Waals surface area contributed by atoms with E-state index in [0.717, 1.165) is 13.1 Å². The molecule has 0 saturated carbocycles. The number of carbonyl (C=O) groups is 1. The van der Waals surface area contributed by atoms with Gasteiger partial charge in [-0.1, -0.05) is 13.8 Å². The fraction of sp³-hybridized carbons (Fsp3) is 0.929. The first-order valence-electron chi connectivity index (χ1n) is 6.64. The molecule has 100 valence electrons. The zero-order valence-corrected chi connectivity index (χ0v) is 12.2. The van der Waals surface area contributed by atoms with Crippen LogP contribution in [0.5, 0.6) is 0 Å². The maximum Gasteiger partial charge on any atom is 0.230 e. The van der Waals surface area contributed by atoms with Crippen LogP contribution in [0.15, 0.2) is 0 Å². The third kappa shape index (κ3) is 3.01. The molecule has 0 radical (unpaired) electrons. The van der Waals surface area contributed by atoms with Gasteiger partial charge in [0.1, 0.15) is 0 Å². The van der Waals surface area contributed by atoms with Crippen LogP contribution in [0, 0.1) is 17.3 Å². The normalized spacial score (nSPS) is 27.1. The smallest absolute Gasteiger partial charge is 0.230 e. The van der Waals surface area contributed by atoms with Gasteiger partial charge in [0.05, 0.1) is 5.41 Å². The second-order valence-electron chi connectivity index (χ2n) is 7.00. The molecule has 3 heteroatoms. The zero-order valence-electron chi connectivity index (χ0n) is 12.2. The van der Waals surface area contributed by atoms with Gasteiger partial charge in [-0.25, -0.2) is 0 Å². The maximum absolute atomic E-state index is 12.6. The highest BCUT2D eigenvalue weighted by Crippen LogP contribution is 2.33. The summed E-state index contributed by atoms with van der Waals surface area (Å²) in [5, 5.41) is 0. The van der Waals surface area contributed by atoms with Crippen LogP contribution in [0.2, 0.25) is 0 Å². The maximum atomic E-state index is 12.6. The third-order valence-electron chi connectivity index (χ3n) is 4.30. The van der Waals surface area contributed by atoms with E-state index in [-0.39, 0.29) is 5.91 Å². The first kappa shape index (κ1) is 14.5. The van der Waals surface area contributed by atoms with Crippen molar-refractivity contribution >= 4 is 5.91 Å². The van der Waals surface area contributed by atoms with Crippen molar-refractivity contribution in [2.45, 2.75) is 53.5 Å². The predicted octanol–water partition coefficient (Wildman–Crippen LogP) is 2.25. The van der Waals surface area contributed by atoms with Crippen molar-refractivity contribution in [3.63, 3.8) is 0 Å². The Morgan fingerprint density at radius 2 is 1.53 bits per heavy atom. The fourth-order valence-electron chi connectivity index (χ4n) is 2.50. The third-order valence-corrected chi connectivity index (χ3v) is 4.30. The number of carbonyl (C=O) groups excluding carboxylic acids is 1. The zero-order chi connectivity index (χ0) is 13.4. The van der Waals surface area contributed by atoms with E-state index in [1.165, 1.54) is 6.42 Å². The number of nitrogens with zero attached hydrogens (tertiary/aromatic N) is 1. The van der Waals surface area contributed by atoms with E-state index in [9.17, 15) is 4.79 Å². The summed E-state index contributed by atoms with van der Waals surface area (Å²) >= 11 is 0. The second-order valence-corrected chi connectivity index (χ2v) is 7.00. The van der Waals surface area contributed by atoms with Gasteiger partial charge in [-0.05, 0) is 46.0 Å². The summed E-state index contributed by atoms with van der Waals surface area (Å²) in [7, 11) is 0. The van der Waals surface area contributed by atoms with E-state index in [4.69, 9.17) is 5.73 Å². The average molecular weight is 240 g/mol. The molecule has 1 saturated heterocycles. The largest absolute Gasteiger partial charge is 0.342 e. The number of piperidine rings is 1. The van der Waals surface area contributed by atoms with Crippen molar-refractivity contribution in [2.75, 3.05) is 13.1 Å². The Balaban J connectivity index is 2.83. The number of nitrogens with two attached hydrogens (primary N) is 1. The molecule has 1 aliphatic rings. The Hall–Kier alpha value is -0.570. The Bertz CT molecular complexity index is 281. The molecule has 0 aromatic heterocycles. The van der Waals surface area contributed by atoms with Crippen molar-refractivity contribution in [1.82, 2.24) is 4.90 Å². The van der Waals surface area contributed by atoms with Crippen LogP contribution >= 0.6 is 0 Å². The lowest BCUT2D eigenvalue weighted by Crippen LogP contribution is -2.58. The average Bonchev–Trinajstić information content (AvgIpc) is 2.13. The van der Waals surface area contributed by atoms with Crippen molar-refractivity contribution in [3.05, 3.63) is 0 Å². The SMILES string of the molecule is CC1CC(C)CN(C(=O)C(C)(C)C(C)(C)N)C1. The van der Waals surface area contributed by atoms with Crippen molar-refractivity contribution in [2.24, 2.45) is 23.0 Å². The van der Waals surface area contributed by atoms with Gasteiger partial charge in [-0.15, -0.1) is 0 Å². The number of hydrogen-bond donors (Lipinski definition) is 1. The molecule has 3 nitrogen and oxygen atoms in total. The van der Waals surface area contributed by atoms with E-state index in [1.807, 2.05) is 32.6 Å². The number of hydrogen-bond acceptors (Lipinski definition) is 2. The molecular formula is C14H28N2O. The molecule has 2 atom stereocenters. The summed E-state index contributed by atoms with van der Waals surface area (Å²) < 4.78 is 0. The fourth-order valence-corrected chi connectivity index (χ4v) is 2.50. The summed E-state index contributed by atoms with van der Waals surface area (Å²) in [6.45, 7) is 14.0. The van der Waals surface area contributed by atoms with Crippen LogP contribution in [-0.4, -0.2) is 29.4 Å². The summed E-state index contributed by atoms with van der Waals surface area (Å²) in [5.74, 6) is 1.39. The summed E-state index contributed by atoms with van der Waals surface area (Å²) in [4.78, 5) is 14.6. The molecule has 0 aliphatic carbocycles. The molecule has 2 unspecified atom stereocenters. The lowest BCUT2D eigenvalue weighted by atomic mass is 9.73. The van der Waals surface area contributed by atoms with Gasteiger partial charge in [-0.3, -0.25) is 4.79 Å². The highest BCUT2D eigenvalue weighted by Gasteiger charge is 2.43. The van der Waals surface area contributed by atoms with E-state index in [0.29, 0.717) is 11.8 Å². The molecular weight excluding hydrogens is 212 g/mol. The minimum absolute atomic E-state index is 0.198. The lowest BCUT2D eigenvalue weighted by Gasteiger charge is -2.44. The number of amides is 1. The Morgan fingerprint density at radius 3 is 1.88 bits per heavy atom. The van der Waals surface area contributed by atoms with Gasteiger partial charge in [0, 0.05) is 18.6 Å². The van der Waals surface area contributed by atoms with Crippen molar-refractivity contribution in [1.29, 1.82) is 0 Å². The first-order chi connectivity index (χ1) is 7.55. The van der Waals surface area contributed by atoms with E-state index in [1.54, 1.807) is 0 Å². The van der Waals surface area contributed by atoms with Gasteiger partial charge in [0.25, 0.3) is 0 Å². The van der Waals surface area contributed by atoms with Crippen LogP contribution in [0.3, 0.4) is 0 Å². The van der Waals surface area contributed by atoms with Crippen molar-refractivity contribution in [3.8, 4) is 0 Å². The Morgan fingerprint density at radius 1 is 1.12 bits per heavy atom. The predicted molar refractivity (Wildman–Crippen MR) is 71.6 cm³/mol. The molecule has 1 fully saturated rings. The minimum atomic E-state index is -0.510. The second kappa shape index (κ2) is 4.60.